The van der Waals surface area contributed by atoms with Gasteiger partial charge in [0.05, 0.1) is 12.2 Å². The molecule has 1 amide bonds. The summed E-state index contributed by atoms with van der Waals surface area (Å²) in [6, 6.07) is 12.6. The van der Waals surface area contributed by atoms with Crippen molar-refractivity contribution >= 4 is 5.91 Å². The molecular formula is C20H24N2O. The van der Waals surface area contributed by atoms with E-state index in [1.807, 2.05) is 18.9 Å². The van der Waals surface area contributed by atoms with Gasteiger partial charge in [0.15, 0.2) is 0 Å². The van der Waals surface area contributed by atoms with E-state index in [9.17, 15) is 4.79 Å². The molecule has 1 atom stereocenters. The molecule has 1 heterocycles. The summed E-state index contributed by atoms with van der Waals surface area (Å²) in [4.78, 5) is 18.9. The van der Waals surface area contributed by atoms with Gasteiger partial charge >= 0.3 is 0 Å². The van der Waals surface area contributed by atoms with Crippen LogP contribution in [0.15, 0.2) is 36.4 Å². The summed E-state index contributed by atoms with van der Waals surface area (Å²) in [7, 11) is 1.88. The second kappa shape index (κ2) is 6.53. The summed E-state index contributed by atoms with van der Waals surface area (Å²) in [6.07, 6.45) is 2.77. The third-order valence-electron chi connectivity index (χ3n) is 4.65. The van der Waals surface area contributed by atoms with Crippen LogP contribution in [0.25, 0.3) is 0 Å². The fourth-order valence-electron chi connectivity index (χ4n) is 3.56. The van der Waals surface area contributed by atoms with Crippen LogP contribution in [0.4, 0.5) is 0 Å². The number of carbonyl (C=O) groups excluding carboxylic acids is 1. The minimum atomic E-state index is 0.202. The van der Waals surface area contributed by atoms with E-state index >= 15 is 0 Å². The van der Waals surface area contributed by atoms with Crippen molar-refractivity contribution in [1.29, 1.82) is 0 Å². The zero-order valence-corrected chi connectivity index (χ0v) is 14.2. The summed E-state index contributed by atoms with van der Waals surface area (Å²) >= 11 is 0. The Hall–Kier alpha value is -2.16. The first-order valence-corrected chi connectivity index (χ1v) is 8.29. The molecule has 0 aliphatic heterocycles. The van der Waals surface area contributed by atoms with Gasteiger partial charge in [-0.2, -0.15) is 0 Å². The molecule has 2 aromatic rings. The van der Waals surface area contributed by atoms with E-state index < -0.39 is 0 Å². The van der Waals surface area contributed by atoms with E-state index in [-0.39, 0.29) is 5.91 Å². The van der Waals surface area contributed by atoms with Gasteiger partial charge in [-0.05, 0) is 61.4 Å². The lowest BCUT2D eigenvalue weighted by Crippen LogP contribution is -2.27. The smallest absolute Gasteiger partial charge is 0.223 e. The number of aryl methyl sites for hydroxylation is 3. The largest absolute Gasteiger partial charge is 0.340 e. The van der Waals surface area contributed by atoms with E-state index in [0.29, 0.717) is 18.9 Å². The lowest BCUT2D eigenvalue weighted by atomic mass is 9.97. The van der Waals surface area contributed by atoms with Gasteiger partial charge in [-0.25, -0.2) is 0 Å². The van der Waals surface area contributed by atoms with Crippen molar-refractivity contribution in [1.82, 2.24) is 9.88 Å². The maximum Gasteiger partial charge on any atom is 0.223 e. The third kappa shape index (κ3) is 3.61. The first-order valence-electron chi connectivity index (χ1n) is 8.29. The maximum absolute atomic E-state index is 12.6. The predicted molar refractivity (Wildman–Crippen MR) is 92.3 cm³/mol. The first-order chi connectivity index (χ1) is 11.0. The van der Waals surface area contributed by atoms with Gasteiger partial charge < -0.3 is 4.90 Å². The van der Waals surface area contributed by atoms with Crippen molar-refractivity contribution in [2.24, 2.45) is 0 Å². The van der Waals surface area contributed by atoms with Gasteiger partial charge in [-0.3, -0.25) is 9.78 Å². The number of pyridine rings is 1. The van der Waals surface area contributed by atoms with E-state index in [4.69, 9.17) is 0 Å². The highest BCUT2D eigenvalue weighted by Gasteiger charge is 2.25. The Morgan fingerprint density at radius 3 is 2.83 bits per heavy atom. The molecule has 23 heavy (non-hydrogen) atoms. The van der Waals surface area contributed by atoms with Crippen molar-refractivity contribution in [3.8, 4) is 0 Å². The summed E-state index contributed by atoms with van der Waals surface area (Å²) in [5.74, 6) is 0.570. The average Bonchev–Trinajstić information content (AvgIpc) is 2.89. The van der Waals surface area contributed by atoms with Gasteiger partial charge in [-0.1, -0.05) is 24.3 Å². The lowest BCUT2D eigenvalue weighted by Gasteiger charge is -2.20. The molecule has 0 saturated carbocycles. The van der Waals surface area contributed by atoms with E-state index in [1.54, 1.807) is 0 Å². The monoisotopic (exact) mass is 308 g/mol. The molecule has 3 nitrogen and oxygen atoms in total. The van der Waals surface area contributed by atoms with Crippen molar-refractivity contribution in [2.75, 3.05) is 7.05 Å². The predicted octanol–water partition coefficient (Wildman–Crippen LogP) is 3.78. The normalized spacial score (nSPS) is 16.2. The molecule has 0 N–H and O–H groups in total. The van der Waals surface area contributed by atoms with Crippen LogP contribution in [-0.2, 0) is 17.8 Å². The second-order valence-electron chi connectivity index (χ2n) is 6.67. The minimum absolute atomic E-state index is 0.202. The van der Waals surface area contributed by atoms with Crippen molar-refractivity contribution in [2.45, 2.75) is 45.6 Å². The van der Waals surface area contributed by atoms with Crippen molar-refractivity contribution in [3.05, 3.63) is 64.5 Å². The second-order valence-corrected chi connectivity index (χ2v) is 6.67. The van der Waals surface area contributed by atoms with Crippen LogP contribution in [0.5, 0.6) is 0 Å². The van der Waals surface area contributed by atoms with E-state index in [2.05, 4.69) is 48.3 Å². The molecule has 3 heteroatoms. The zero-order valence-electron chi connectivity index (χ0n) is 14.2. The zero-order chi connectivity index (χ0) is 16.4. The van der Waals surface area contributed by atoms with Crippen molar-refractivity contribution in [3.63, 3.8) is 0 Å². The quantitative estimate of drug-likeness (QED) is 0.861. The Morgan fingerprint density at radius 1 is 1.26 bits per heavy atom. The number of hydrogen-bond donors (Lipinski definition) is 0. The molecule has 0 spiro atoms. The van der Waals surface area contributed by atoms with Gasteiger partial charge in [0.2, 0.25) is 5.91 Å². The molecule has 1 aromatic heterocycles. The summed E-state index contributed by atoms with van der Waals surface area (Å²) in [6.45, 7) is 4.64. The molecule has 0 fully saturated rings. The number of rotatable bonds is 4. The number of hydrogen-bond acceptors (Lipinski definition) is 2. The van der Waals surface area contributed by atoms with Crippen LogP contribution >= 0.6 is 0 Å². The molecule has 120 valence electrons. The van der Waals surface area contributed by atoms with Gasteiger partial charge in [0, 0.05) is 19.2 Å². The molecule has 0 bridgehead atoms. The molecular weight excluding hydrogens is 284 g/mol. The fourth-order valence-corrected chi connectivity index (χ4v) is 3.56. The number of nitrogens with zero attached hydrogens (tertiary/aromatic N) is 2. The molecule has 0 unspecified atom stereocenters. The van der Waals surface area contributed by atoms with Crippen LogP contribution in [-0.4, -0.2) is 22.8 Å². The summed E-state index contributed by atoms with van der Waals surface area (Å²) < 4.78 is 0. The van der Waals surface area contributed by atoms with E-state index in [1.165, 1.54) is 16.7 Å². The summed E-state index contributed by atoms with van der Waals surface area (Å²) in [5, 5.41) is 0. The number of benzene rings is 1. The van der Waals surface area contributed by atoms with Gasteiger partial charge in [0.1, 0.15) is 0 Å². The Kier molecular flexibility index (Phi) is 4.46. The highest BCUT2D eigenvalue weighted by Crippen LogP contribution is 2.35. The SMILES string of the molecule is Cc1cc(C)nc(CN(C)C(=O)C[C@@H]2CCc3ccccc32)c1. The Labute approximate surface area is 138 Å². The van der Waals surface area contributed by atoms with E-state index in [0.717, 1.165) is 24.2 Å². The number of carbonyl (C=O) groups is 1. The maximum atomic E-state index is 12.6. The molecule has 0 saturated heterocycles. The van der Waals surface area contributed by atoms with Crippen LogP contribution < -0.4 is 0 Å². The molecule has 0 radical (unpaired) electrons. The Bertz CT molecular complexity index is 703. The number of fused-ring (bicyclic) bond motifs is 1. The average molecular weight is 308 g/mol. The van der Waals surface area contributed by atoms with Crippen LogP contribution in [0.3, 0.4) is 0 Å². The molecule has 1 aliphatic rings. The molecule has 1 aromatic carbocycles. The number of amides is 1. The molecule has 3 rings (SSSR count). The highest BCUT2D eigenvalue weighted by atomic mass is 16.2. The summed E-state index contributed by atoms with van der Waals surface area (Å²) in [5.41, 5.74) is 5.93. The van der Waals surface area contributed by atoms with Gasteiger partial charge in [0.25, 0.3) is 0 Å². The minimum Gasteiger partial charge on any atom is -0.340 e. The van der Waals surface area contributed by atoms with Gasteiger partial charge in [-0.15, -0.1) is 0 Å². The highest BCUT2D eigenvalue weighted by molar-refractivity contribution is 5.77. The Morgan fingerprint density at radius 2 is 2.04 bits per heavy atom. The fraction of sp³-hybridized carbons (Fsp3) is 0.400. The Balaban J connectivity index is 1.64. The lowest BCUT2D eigenvalue weighted by molar-refractivity contribution is -0.130. The van der Waals surface area contributed by atoms with Crippen LogP contribution in [0.1, 0.15) is 46.8 Å². The van der Waals surface area contributed by atoms with Crippen molar-refractivity contribution < 1.29 is 4.79 Å². The molecule has 1 aliphatic carbocycles. The number of aromatic nitrogens is 1. The topological polar surface area (TPSA) is 33.2 Å². The first kappa shape index (κ1) is 15.7. The van der Waals surface area contributed by atoms with Crippen LogP contribution in [0, 0.1) is 13.8 Å². The standard InChI is InChI=1S/C20H24N2O/c1-14-10-15(2)21-18(11-14)13-22(3)20(23)12-17-9-8-16-6-4-5-7-19(16)17/h4-7,10-11,17H,8-9,12-13H2,1-3H3/t17-/m0/s1. The third-order valence-corrected chi connectivity index (χ3v) is 4.65. The van der Waals surface area contributed by atoms with Crippen LogP contribution in [0.2, 0.25) is 0 Å².